The molecule has 1 aliphatic carbocycles. The van der Waals surface area contributed by atoms with Crippen LogP contribution in [0.5, 0.6) is 0 Å². The molecule has 0 radical (unpaired) electrons. The predicted molar refractivity (Wildman–Crippen MR) is 128 cm³/mol. The summed E-state index contributed by atoms with van der Waals surface area (Å²) in [4.78, 5) is 22.9. The van der Waals surface area contributed by atoms with Crippen LogP contribution in [0.2, 0.25) is 0 Å². The van der Waals surface area contributed by atoms with Gasteiger partial charge in [-0.1, -0.05) is 6.42 Å². The number of hydrogen-bond acceptors (Lipinski definition) is 7. The lowest BCUT2D eigenvalue weighted by Gasteiger charge is -2.18. The SMILES string of the molecule is Cc1cc(C)nc(N2C[C@H]3CCC[C@H]3C2)n1.Cc1cc(C)nc(N2C[C@H]3CNC[C@H]3C2)n1. The molecule has 5 heterocycles. The van der Waals surface area contributed by atoms with E-state index in [0.29, 0.717) is 0 Å². The molecule has 3 saturated heterocycles. The van der Waals surface area contributed by atoms with Crippen LogP contribution in [0.1, 0.15) is 42.0 Å². The van der Waals surface area contributed by atoms with Crippen molar-refractivity contribution in [3.8, 4) is 0 Å². The fourth-order valence-electron chi connectivity index (χ4n) is 6.11. The number of rotatable bonds is 2. The summed E-state index contributed by atoms with van der Waals surface area (Å²) in [6, 6.07) is 4.07. The van der Waals surface area contributed by atoms with E-state index in [9.17, 15) is 0 Å². The second-order valence-electron chi connectivity index (χ2n) is 10.3. The van der Waals surface area contributed by atoms with E-state index in [1.54, 1.807) is 0 Å². The Kier molecular flexibility index (Phi) is 6.01. The summed E-state index contributed by atoms with van der Waals surface area (Å²) in [7, 11) is 0. The lowest BCUT2D eigenvalue weighted by molar-refractivity contribution is 0.494. The number of hydrogen-bond donors (Lipinski definition) is 1. The van der Waals surface area contributed by atoms with Crippen LogP contribution in [0, 0.1) is 51.4 Å². The molecule has 1 N–H and O–H groups in total. The van der Waals surface area contributed by atoms with Crippen molar-refractivity contribution in [2.45, 2.75) is 47.0 Å². The number of aryl methyl sites for hydroxylation is 4. The summed E-state index contributed by atoms with van der Waals surface area (Å²) >= 11 is 0. The van der Waals surface area contributed by atoms with Crippen LogP contribution in [0.15, 0.2) is 12.1 Å². The summed E-state index contributed by atoms with van der Waals surface area (Å²) in [5, 5.41) is 3.45. The monoisotopic (exact) mass is 435 g/mol. The third kappa shape index (κ3) is 4.58. The van der Waals surface area contributed by atoms with Crippen LogP contribution in [0.25, 0.3) is 0 Å². The van der Waals surface area contributed by atoms with Gasteiger partial charge in [0.05, 0.1) is 0 Å². The van der Waals surface area contributed by atoms with Crippen molar-refractivity contribution in [3.05, 3.63) is 34.9 Å². The van der Waals surface area contributed by atoms with Crippen LogP contribution in [0.4, 0.5) is 11.9 Å². The summed E-state index contributed by atoms with van der Waals surface area (Å²) < 4.78 is 0. The Balaban J connectivity index is 0.000000135. The van der Waals surface area contributed by atoms with Crippen molar-refractivity contribution in [2.75, 3.05) is 49.1 Å². The summed E-state index contributed by atoms with van der Waals surface area (Å²) in [6.45, 7) is 15.1. The number of aromatic nitrogens is 4. The van der Waals surface area contributed by atoms with Gasteiger partial charge in [0.15, 0.2) is 0 Å². The average Bonchev–Trinajstić information content (AvgIpc) is 3.47. The second-order valence-corrected chi connectivity index (χ2v) is 10.3. The van der Waals surface area contributed by atoms with Crippen molar-refractivity contribution in [2.24, 2.45) is 23.7 Å². The van der Waals surface area contributed by atoms with E-state index in [2.05, 4.69) is 48.9 Å². The molecule has 4 atom stereocenters. The molecular weight excluding hydrogens is 398 g/mol. The average molecular weight is 436 g/mol. The largest absolute Gasteiger partial charge is 0.340 e. The molecule has 0 aromatic carbocycles. The first kappa shape index (κ1) is 21.6. The highest BCUT2D eigenvalue weighted by atomic mass is 15.3. The fourth-order valence-corrected chi connectivity index (χ4v) is 6.11. The van der Waals surface area contributed by atoms with Crippen molar-refractivity contribution in [1.82, 2.24) is 25.3 Å². The zero-order valence-electron chi connectivity index (χ0n) is 20.0. The first-order chi connectivity index (χ1) is 15.4. The Morgan fingerprint density at radius 2 is 1.00 bits per heavy atom. The van der Waals surface area contributed by atoms with Crippen LogP contribution in [0.3, 0.4) is 0 Å². The Hall–Kier alpha value is -2.28. The highest BCUT2D eigenvalue weighted by Crippen LogP contribution is 2.38. The van der Waals surface area contributed by atoms with Gasteiger partial charge in [-0.15, -0.1) is 0 Å². The van der Waals surface area contributed by atoms with E-state index < -0.39 is 0 Å². The van der Waals surface area contributed by atoms with Crippen molar-refractivity contribution in [1.29, 1.82) is 0 Å². The topological polar surface area (TPSA) is 70.1 Å². The molecule has 1 saturated carbocycles. The second kappa shape index (κ2) is 8.93. The third-order valence-corrected chi connectivity index (χ3v) is 7.62. The number of anilines is 2. The Morgan fingerprint density at radius 3 is 1.41 bits per heavy atom. The first-order valence-corrected chi connectivity index (χ1v) is 12.3. The molecule has 4 aliphatic rings. The van der Waals surface area contributed by atoms with Crippen molar-refractivity contribution >= 4 is 11.9 Å². The maximum Gasteiger partial charge on any atom is 0.225 e. The lowest BCUT2D eigenvalue weighted by atomic mass is 10.0. The van der Waals surface area contributed by atoms with Gasteiger partial charge in [-0.2, -0.15) is 0 Å². The van der Waals surface area contributed by atoms with E-state index in [-0.39, 0.29) is 0 Å². The molecule has 7 heteroatoms. The molecule has 2 aromatic rings. The molecule has 3 aliphatic heterocycles. The van der Waals surface area contributed by atoms with Gasteiger partial charge in [0.1, 0.15) is 0 Å². The molecule has 0 unspecified atom stereocenters. The maximum absolute atomic E-state index is 4.56. The molecule has 0 bridgehead atoms. The van der Waals surface area contributed by atoms with E-state index in [1.807, 2.05) is 26.0 Å². The molecule has 32 heavy (non-hydrogen) atoms. The molecular formula is C25H37N7. The number of fused-ring (bicyclic) bond motifs is 2. The molecule has 4 fully saturated rings. The zero-order chi connectivity index (χ0) is 22.2. The molecule has 6 rings (SSSR count). The van der Waals surface area contributed by atoms with E-state index in [1.165, 1.54) is 32.4 Å². The van der Waals surface area contributed by atoms with Crippen LogP contribution in [-0.4, -0.2) is 59.2 Å². The van der Waals surface area contributed by atoms with Crippen LogP contribution >= 0.6 is 0 Å². The number of nitrogens with zero attached hydrogens (tertiary/aromatic N) is 6. The van der Waals surface area contributed by atoms with Gasteiger partial charge in [0.2, 0.25) is 11.9 Å². The third-order valence-electron chi connectivity index (χ3n) is 7.62. The Labute approximate surface area is 192 Å². The number of nitrogens with one attached hydrogen (secondary N) is 1. The fraction of sp³-hybridized carbons (Fsp3) is 0.680. The minimum Gasteiger partial charge on any atom is -0.340 e. The quantitative estimate of drug-likeness (QED) is 0.777. The normalized spacial score (nSPS) is 28.5. The molecule has 7 nitrogen and oxygen atoms in total. The molecule has 2 aromatic heterocycles. The minimum absolute atomic E-state index is 0.796. The van der Waals surface area contributed by atoms with E-state index in [4.69, 9.17) is 0 Å². The highest BCUT2D eigenvalue weighted by molar-refractivity contribution is 5.35. The first-order valence-electron chi connectivity index (χ1n) is 12.3. The smallest absolute Gasteiger partial charge is 0.225 e. The predicted octanol–water partition coefficient (Wildman–Crippen LogP) is 3.08. The molecule has 172 valence electrons. The van der Waals surface area contributed by atoms with Gasteiger partial charge in [-0.25, -0.2) is 19.9 Å². The summed E-state index contributed by atoms with van der Waals surface area (Å²) in [6.07, 6.45) is 4.24. The van der Waals surface area contributed by atoms with Gasteiger partial charge in [-0.05, 0) is 76.3 Å². The van der Waals surface area contributed by atoms with Gasteiger partial charge < -0.3 is 15.1 Å². The van der Waals surface area contributed by atoms with Gasteiger partial charge in [0, 0.05) is 62.0 Å². The van der Waals surface area contributed by atoms with E-state index in [0.717, 1.165) is 84.5 Å². The lowest BCUT2D eigenvalue weighted by Crippen LogP contribution is -2.27. The minimum atomic E-state index is 0.796. The van der Waals surface area contributed by atoms with Crippen molar-refractivity contribution in [3.63, 3.8) is 0 Å². The maximum atomic E-state index is 4.56. The molecule has 0 amide bonds. The van der Waals surface area contributed by atoms with Crippen LogP contribution < -0.4 is 15.1 Å². The summed E-state index contributed by atoms with van der Waals surface area (Å²) in [5.41, 5.74) is 4.30. The van der Waals surface area contributed by atoms with Gasteiger partial charge in [0.25, 0.3) is 0 Å². The van der Waals surface area contributed by atoms with Crippen LogP contribution in [-0.2, 0) is 0 Å². The Bertz CT molecular complexity index is 819. The van der Waals surface area contributed by atoms with E-state index >= 15 is 0 Å². The summed E-state index contributed by atoms with van der Waals surface area (Å²) in [5.74, 6) is 5.28. The van der Waals surface area contributed by atoms with Gasteiger partial charge >= 0.3 is 0 Å². The standard InChI is InChI=1S/C13H19N3.C12H18N4/c1-9-6-10(2)15-13(14-9)16-7-11-4-3-5-12(11)8-16;1-8-3-9(2)15-12(14-8)16-6-10-4-13-5-11(10)7-16/h6,11-12H,3-5,7-8H2,1-2H3;3,10-11,13H,4-7H2,1-2H3/t11-,12+;10-,11+. The Morgan fingerprint density at radius 1 is 0.625 bits per heavy atom. The highest BCUT2D eigenvalue weighted by Gasteiger charge is 2.38. The van der Waals surface area contributed by atoms with Gasteiger partial charge in [-0.3, -0.25) is 0 Å². The van der Waals surface area contributed by atoms with Crippen molar-refractivity contribution < 1.29 is 0 Å². The zero-order valence-corrected chi connectivity index (χ0v) is 20.0. The molecule has 0 spiro atoms.